The van der Waals surface area contributed by atoms with Crippen LogP contribution in [0, 0.1) is 6.07 Å². The van der Waals surface area contributed by atoms with Crippen LogP contribution in [0.1, 0.15) is 5.56 Å². The Bertz CT molecular complexity index is 506. The van der Waals surface area contributed by atoms with Crippen LogP contribution in [0.25, 0.3) is 6.08 Å². The summed E-state index contributed by atoms with van der Waals surface area (Å²) in [4.78, 5) is 15.4. The molecular weight excluding hydrogens is 214 g/mol. The van der Waals surface area contributed by atoms with Crippen LogP contribution in [0.5, 0.6) is 5.75 Å². The molecule has 2 rings (SSSR count). The Morgan fingerprint density at radius 2 is 2.12 bits per heavy atom. The number of carbonyl (C=O) groups is 1. The number of esters is 1. The fourth-order valence-electron chi connectivity index (χ4n) is 1.23. The minimum absolute atomic E-state index is 0.417. The Labute approximate surface area is 99.4 Å². The summed E-state index contributed by atoms with van der Waals surface area (Å²) < 4.78 is 5.07. The number of hydrogen-bond acceptors (Lipinski definition) is 3. The minimum Gasteiger partial charge on any atom is -0.423 e. The van der Waals surface area contributed by atoms with Gasteiger partial charge in [0.15, 0.2) is 0 Å². The summed E-state index contributed by atoms with van der Waals surface area (Å²) >= 11 is 0. The molecule has 0 bridgehead atoms. The minimum atomic E-state index is -0.417. The first kappa shape index (κ1) is 11.1. The van der Waals surface area contributed by atoms with Gasteiger partial charge in [0.1, 0.15) is 5.75 Å². The number of hydrogen-bond donors (Lipinski definition) is 0. The summed E-state index contributed by atoms with van der Waals surface area (Å²) in [6.07, 6.45) is 6.37. The van der Waals surface area contributed by atoms with E-state index >= 15 is 0 Å². The van der Waals surface area contributed by atoms with Crippen molar-refractivity contribution in [1.82, 2.24) is 4.98 Å². The molecule has 83 valence electrons. The quantitative estimate of drug-likeness (QED) is 0.457. The average Bonchev–Trinajstić information content (AvgIpc) is 2.39. The van der Waals surface area contributed by atoms with E-state index in [0.717, 1.165) is 5.56 Å². The molecule has 3 nitrogen and oxygen atoms in total. The number of nitrogens with zero attached hydrogens (tertiary/aromatic N) is 1. The van der Waals surface area contributed by atoms with Gasteiger partial charge in [0.25, 0.3) is 0 Å². The van der Waals surface area contributed by atoms with Gasteiger partial charge in [-0.15, -0.1) is 0 Å². The monoisotopic (exact) mass is 224 g/mol. The van der Waals surface area contributed by atoms with E-state index in [1.807, 2.05) is 6.07 Å². The molecular formula is C14H10NO2. The molecule has 1 aromatic heterocycles. The van der Waals surface area contributed by atoms with Crippen LogP contribution in [-0.4, -0.2) is 11.0 Å². The molecule has 1 heterocycles. The topological polar surface area (TPSA) is 39.2 Å². The van der Waals surface area contributed by atoms with E-state index in [2.05, 4.69) is 11.1 Å². The second-order valence-corrected chi connectivity index (χ2v) is 3.28. The molecule has 0 aliphatic rings. The van der Waals surface area contributed by atoms with Crippen molar-refractivity contribution in [2.45, 2.75) is 0 Å². The molecule has 1 aromatic carbocycles. The molecule has 0 aliphatic carbocycles. The highest BCUT2D eigenvalue weighted by atomic mass is 16.5. The van der Waals surface area contributed by atoms with Gasteiger partial charge in [0.2, 0.25) is 0 Å². The van der Waals surface area contributed by atoms with Crippen molar-refractivity contribution in [3.8, 4) is 5.75 Å². The molecule has 0 amide bonds. The Kier molecular flexibility index (Phi) is 3.65. The van der Waals surface area contributed by atoms with Gasteiger partial charge in [-0.25, -0.2) is 4.79 Å². The van der Waals surface area contributed by atoms with Crippen molar-refractivity contribution in [2.75, 3.05) is 0 Å². The predicted octanol–water partition coefficient (Wildman–Crippen LogP) is 2.50. The third-order valence-electron chi connectivity index (χ3n) is 2.00. The van der Waals surface area contributed by atoms with E-state index in [9.17, 15) is 4.79 Å². The number of benzene rings is 1. The molecule has 2 aromatic rings. The second kappa shape index (κ2) is 5.61. The zero-order chi connectivity index (χ0) is 11.9. The summed E-state index contributed by atoms with van der Waals surface area (Å²) in [5.41, 5.74) is 0.853. The summed E-state index contributed by atoms with van der Waals surface area (Å²) in [5.74, 6) is 0.0876. The molecule has 0 fully saturated rings. The summed E-state index contributed by atoms with van der Waals surface area (Å²) in [5, 5.41) is 0. The van der Waals surface area contributed by atoms with Gasteiger partial charge in [-0.3, -0.25) is 4.98 Å². The van der Waals surface area contributed by atoms with E-state index in [-0.39, 0.29) is 0 Å². The van der Waals surface area contributed by atoms with Crippen molar-refractivity contribution in [1.29, 1.82) is 0 Å². The van der Waals surface area contributed by atoms with E-state index in [0.29, 0.717) is 5.75 Å². The molecule has 0 spiro atoms. The first-order chi connectivity index (χ1) is 8.34. The third-order valence-corrected chi connectivity index (χ3v) is 2.00. The predicted molar refractivity (Wildman–Crippen MR) is 64.2 cm³/mol. The molecule has 17 heavy (non-hydrogen) atoms. The highest BCUT2D eigenvalue weighted by molar-refractivity contribution is 5.88. The first-order valence-electron chi connectivity index (χ1n) is 5.10. The van der Waals surface area contributed by atoms with Gasteiger partial charge < -0.3 is 4.74 Å². The Balaban J connectivity index is 1.96. The molecule has 0 unspecified atom stereocenters. The first-order valence-corrected chi connectivity index (χ1v) is 5.10. The summed E-state index contributed by atoms with van der Waals surface area (Å²) in [6.45, 7) is 0. The molecule has 0 N–H and O–H groups in total. The maximum absolute atomic E-state index is 11.4. The van der Waals surface area contributed by atoms with Crippen molar-refractivity contribution in [3.63, 3.8) is 0 Å². The number of carbonyl (C=O) groups excluding carboxylic acids is 1. The fourth-order valence-corrected chi connectivity index (χ4v) is 1.23. The van der Waals surface area contributed by atoms with Crippen molar-refractivity contribution in [3.05, 3.63) is 66.5 Å². The molecule has 0 saturated carbocycles. The highest BCUT2D eigenvalue weighted by Crippen LogP contribution is 2.08. The van der Waals surface area contributed by atoms with Gasteiger partial charge in [-0.05, 0) is 35.9 Å². The molecule has 0 aliphatic heterocycles. The Morgan fingerprint density at radius 3 is 2.82 bits per heavy atom. The smallest absolute Gasteiger partial charge is 0.336 e. The van der Waals surface area contributed by atoms with Crippen LogP contribution < -0.4 is 4.74 Å². The zero-order valence-corrected chi connectivity index (χ0v) is 9.04. The van der Waals surface area contributed by atoms with Gasteiger partial charge in [-0.1, -0.05) is 18.2 Å². The molecule has 0 atom stereocenters. The Morgan fingerprint density at radius 1 is 1.29 bits per heavy atom. The lowest BCUT2D eigenvalue weighted by Gasteiger charge is -1.99. The van der Waals surface area contributed by atoms with Crippen LogP contribution >= 0.6 is 0 Å². The largest absolute Gasteiger partial charge is 0.423 e. The second-order valence-electron chi connectivity index (χ2n) is 3.28. The zero-order valence-electron chi connectivity index (χ0n) is 9.04. The van der Waals surface area contributed by atoms with Gasteiger partial charge in [0.05, 0.1) is 0 Å². The Hall–Kier alpha value is -2.42. The van der Waals surface area contributed by atoms with Crippen LogP contribution in [0.15, 0.2) is 54.9 Å². The van der Waals surface area contributed by atoms with Crippen molar-refractivity contribution < 1.29 is 9.53 Å². The maximum atomic E-state index is 11.4. The van der Waals surface area contributed by atoms with Crippen molar-refractivity contribution in [2.24, 2.45) is 0 Å². The van der Waals surface area contributed by atoms with Crippen LogP contribution in [0.3, 0.4) is 0 Å². The molecule has 3 heteroatoms. The third kappa shape index (κ3) is 3.57. The summed E-state index contributed by atoms with van der Waals surface area (Å²) in [6, 6.07) is 13.2. The van der Waals surface area contributed by atoms with Crippen molar-refractivity contribution >= 4 is 12.0 Å². The fraction of sp³-hybridized carbons (Fsp3) is 0. The number of aromatic nitrogens is 1. The van der Waals surface area contributed by atoms with Gasteiger partial charge in [0, 0.05) is 18.5 Å². The number of pyridine rings is 1. The lowest BCUT2D eigenvalue weighted by atomic mass is 10.2. The van der Waals surface area contributed by atoms with E-state index in [1.54, 1.807) is 48.8 Å². The van der Waals surface area contributed by atoms with Gasteiger partial charge in [-0.2, -0.15) is 0 Å². The lowest BCUT2D eigenvalue weighted by Crippen LogP contribution is -2.03. The van der Waals surface area contributed by atoms with Crippen LogP contribution in [0.4, 0.5) is 0 Å². The normalized spacial score (nSPS) is 10.4. The van der Waals surface area contributed by atoms with E-state index < -0.39 is 5.97 Å². The number of ether oxygens (including phenoxy) is 1. The maximum Gasteiger partial charge on any atom is 0.336 e. The number of rotatable bonds is 3. The molecule has 0 saturated heterocycles. The van der Waals surface area contributed by atoms with Crippen LogP contribution in [0.2, 0.25) is 0 Å². The summed E-state index contributed by atoms with van der Waals surface area (Å²) in [7, 11) is 0. The SMILES string of the molecule is O=C(C=Cc1cccnc1)Oc1cc[c]cc1. The highest BCUT2D eigenvalue weighted by Gasteiger charge is 1.98. The van der Waals surface area contributed by atoms with Gasteiger partial charge >= 0.3 is 5.97 Å². The van der Waals surface area contributed by atoms with Crippen LogP contribution in [-0.2, 0) is 4.79 Å². The van der Waals surface area contributed by atoms with E-state index in [1.165, 1.54) is 6.08 Å². The standard InChI is InChI=1S/C14H10NO2/c16-14(17-13-6-2-1-3-7-13)9-8-12-5-4-10-15-11-12/h2-11H. The van der Waals surface area contributed by atoms with E-state index in [4.69, 9.17) is 4.74 Å². The molecule has 1 radical (unpaired) electrons. The average molecular weight is 224 g/mol. The lowest BCUT2D eigenvalue weighted by molar-refractivity contribution is -0.128.